The van der Waals surface area contributed by atoms with E-state index >= 15 is 0 Å². The summed E-state index contributed by atoms with van der Waals surface area (Å²) in [4.78, 5) is 29.2. The second-order valence-electron chi connectivity index (χ2n) is 9.59. The highest BCUT2D eigenvalue weighted by Gasteiger charge is 2.32. The Hall–Kier alpha value is -3.32. The zero-order valence-electron chi connectivity index (χ0n) is 21.9. The predicted octanol–water partition coefficient (Wildman–Crippen LogP) is 1.98. The van der Waals surface area contributed by atoms with Gasteiger partial charge < -0.3 is 29.5 Å². The summed E-state index contributed by atoms with van der Waals surface area (Å²) in [5.41, 5.74) is 1.87. The van der Waals surface area contributed by atoms with E-state index < -0.39 is 22.2 Å². The first-order valence-corrected chi connectivity index (χ1v) is 13.8. The maximum Gasteiger partial charge on any atom is 0.321 e. The SMILES string of the molecule is Cc1noc(C)c1NC(=O)N(C)C[C@H]1Oc2ccc(NS(C)(=O)=O)cc2CC(=O)N([C@@H](C)CO)C[C@@H]1C. The molecule has 0 saturated heterocycles. The van der Waals surface area contributed by atoms with Gasteiger partial charge in [-0.05, 0) is 39.0 Å². The van der Waals surface area contributed by atoms with E-state index in [1.165, 1.54) is 4.90 Å². The van der Waals surface area contributed by atoms with Crippen molar-refractivity contribution < 1.29 is 32.4 Å². The van der Waals surface area contributed by atoms with Crippen LogP contribution in [0.25, 0.3) is 0 Å². The molecule has 3 atom stereocenters. The Bertz CT molecular complexity index is 1230. The summed E-state index contributed by atoms with van der Waals surface area (Å²) >= 11 is 0. The molecule has 3 amide bonds. The molecule has 1 aliphatic heterocycles. The van der Waals surface area contributed by atoms with Crippen molar-refractivity contribution in [2.45, 2.75) is 46.3 Å². The van der Waals surface area contributed by atoms with Crippen LogP contribution in [0, 0.1) is 19.8 Å². The predicted molar refractivity (Wildman–Crippen MR) is 138 cm³/mol. The minimum atomic E-state index is -3.52. The van der Waals surface area contributed by atoms with E-state index in [1.54, 1.807) is 50.9 Å². The average molecular weight is 538 g/mol. The fraction of sp³-hybridized carbons (Fsp3) is 0.542. The van der Waals surface area contributed by atoms with Gasteiger partial charge in [0.15, 0.2) is 5.76 Å². The van der Waals surface area contributed by atoms with Crippen LogP contribution < -0.4 is 14.8 Å². The number of aliphatic hydroxyl groups excluding tert-OH is 1. The number of sulfonamides is 1. The number of aliphatic hydroxyl groups is 1. The number of carbonyl (C=O) groups is 2. The number of nitrogens with one attached hydrogen (secondary N) is 2. The van der Waals surface area contributed by atoms with Gasteiger partial charge in [0.05, 0.1) is 31.9 Å². The lowest BCUT2D eigenvalue weighted by Crippen LogP contribution is -2.48. The number of urea groups is 1. The lowest BCUT2D eigenvalue weighted by atomic mass is 10.0. The molecule has 1 aliphatic rings. The summed E-state index contributed by atoms with van der Waals surface area (Å²) < 4.78 is 37.3. The van der Waals surface area contributed by atoms with Crippen molar-refractivity contribution in [1.82, 2.24) is 15.0 Å². The Balaban J connectivity index is 1.91. The van der Waals surface area contributed by atoms with Gasteiger partial charge >= 0.3 is 6.03 Å². The van der Waals surface area contributed by atoms with Gasteiger partial charge in [0.25, 0.3) is 0 Å². The summed E-state index contributed by atoms with van der Waals surface area (Å²) in [6.07, 6.45) is 0.482. The highest BCUT2D eigenvalue weighted by molar-refractivity contribution is 7.92. The van der Waals surface area contributed by atoms with Crippen molar-refractivity contribution in [3.8, 4) is 5.75 Å². The van der Waals surface area contributed by atoms with Crippen LogP contribution in [0.5, 0.6) is 5.75 Å². The fourth-order valence-corrected chi connectivity index (χ4v) is 4.70. The van der Waals surface area contributed by atoms with Gasteiger partial charge in [-0.3, -0.25) is 9.52 Å². The number of aromatic nitrogens is 1. The second-order valence-corrected chi connectivity index (χ2v) is 11.3. The molecule has 13 heteroatoms. The van der Waals surface area contributed by atoms with Crippen LogP contribution in [-0.4, -0.2) is 85.6 Å². The first-order chi connectivity index (χ1) is 17.3. The molecule has 2 aromatic rings. The number of anilines is 2. The summed E-state index contributed by atoms with van der Waals surface area (Å²) in [6.45, 7) is 7.38. The van der Waals surface area contributed by atoms with Gasteiger partial charge in [-0.25, -0.2) is 13.2 Å². The Labute approximate surface area is 217 Å². The van der Waals surface area contributed by atoms with Crippen LogP contribution in [0.15, 0.2) is 22.7 Å². The standard InChI is InChI=1S/C24H35N5O7S/c1-14-11-29(15(2)13-30)22(31)10-18-9-19(27-37(6,33)34)7-8-20(18)35-21(14)12-28(5)24(32)25-23-16(3)26-36-17(23)4/h7-9,14-15,21,27,30H,10-13H2,1-6H3,(H,25,32)/t14-,15-,21+/m0/s1. The molecule has 0 saturated carbocycles. The summed E-state index contributed by atoms with van der Waals surface area (Å²) in [5, 5.41) is 16.4. The van der Waals surface area contributed by atoms with Crippen LogP contribution in [-0.2, 0) is 21.2 Å². The molecule has 0 unspecified atom stereocenters. The van der Waals surface area contributed by atoms with E-state index in [2.05, 4.69) is 15.2 Å². The number of hydrogen-bond acceptors (Lipinski definition) is 8. The van der Waals surface area contributed by atoms with Crippen molar-refractivity contribution >= 4 is 33.3 Å². The van der Waals surface area contributed by atoms with E-state index in [0.29, 0.717) is 40.7 Å². The number of rotatable bonds is 7. The number of fused-ring (bicyclic) bond motifs is 1. The minimum Gasteiger partial charge on any atom is -0.488 e. The van der Waals surface area contributed by atoms with Crippen LogP contribution in [0.2, 0.25) is 0 Å². The normalized spacial score (nSPS) is 19.1. The fourth-order valence-electron chi connectivity index (χ4n) is 4.14. The number of carbonyl (C=O) groups excluding carboxylic acids is 2. The Kier molecular flexibility index (Phi) is 8.69. The van der Waals surface area contributed by atoms with Gasteiger partial charge in [-0.15, -0.1) is 0 Å². The molecule has 0 aliphatic carbocycles. The number of benzene rings is 1. The molecule has 0 fully saturated rings. The number of nitrogens with zero attached hydrogens (tertiary/aromatic N) is 3. The van der Waals surface area contributed by atoms with Crippen LogP contribution in [0.3, 0.4) is 0 Å². The molecule has 1 aromatic heterocycles. The average Bonchev–Trinajstić information content (AvgIpc) is 3.14. The van der Waals surface area contributed by atoms with Crippen molar-refractivity contribution in [1.29, 1.82) is 0 Å². The van der Waals surface area contributed by atoms with E-state index in [4.69, 9.17) is 9.26 Å². The quantitative estimate of drug-likeness (QED) is 0.484. The zero-order valence-corrected chi connectivity index (χ0v) is 22.8. The van der Waals surface area contributed by atoms with Crippen LogP contribution in [0.1, 0.15) is 30.9 Å². The monoisotopic (exact) mass is 537 g/mol. The van der Waals surface area contributed by atoms with Gasteiger partial charge in [-0.2, -0.15) is 0 Å². The molecule has 37 heavy (non-hydrogen) atoms. The highest BCUT2D eigenvalue weighted by atomic mass is 32.2. The summed E-state index contributed by atoms with van der Waals surface area (Å²) in [5.74, 6) is 0.472. The van der Waals surface area contributed by atoms with E-state index in [0.717, 1.165) is 6.26 Å². The molecular formula is C24H35N5O7S. The topological polar surface area (TPSA) is 154 Å². The highest BCUT2D eigenvalue weighted by Crippen LogP contribution is 2.29. The number of amides is 3. The Morgan fingerprint density at radius 3 is 2.65 bits per heavy atom. The summed E-state index contributed by atoms with van der Waals surface area (Å²) in [7, 11) is -1.89. The second kappa shape index (κ2) is 11.4. The van der Waals surface area contributed by atoms with Gasteiger partial charge in [0, 0.05) is 30.8 Å². The Morgan fingerprint density at radius 1 is 1.35 bits per heavy atom. The van der Waals surface area contributed by atoms with Crippen LogP contribution in [0.4, 0.5) is 16.2 Å². The molecule has 12 nitrogen and oxygen atoms in total. The number of ether oxygens (including phenoxy) is 1. The van der Waals surface area contributed by atoms with Gasteiger partial charge in [0.2, 0.25) is 15.9 Å². The van der Waals surface area contributed by atoms with Crippen molar-refractivity contribution in [3.63, 3.8) is 0 Å². The molecule has 204 valence electrons. The summed E-state index contributed by atoms with van der Waals surface area (Å²) in [6, 6.07) is 3.93. The Morgan fingerprint density at radius 2 is 2.05 bits per heavy atom. The molecule has 0 bridgehead atoms. The molecular weight excluding hydrogens is 502 g/mol. The first kappa shape index (κ1) is 28.3. The molecule has 0 spiro atoms. The molecule has 3 rings (SSSR count). The largest absolute Gasteiger partial charge is 0.488 e. The smallest absolute Gasteiger partial charge is 0.321 e. The van der Waals surface area contributed by atoms with E-state index in [9.17, 15) is 23.1 Å². The van der Waals surface area contributed by atoms with Gasteiger partial charge in [0.1, 0.15) is 23.2 Å². The van der Waals surface area contributed by atoms with Gasteiger partial charge in [-0.1, -0.05) is 12.1 Å². The number of likely N-dealkylation sites (N-methyl/N-ethyl adjacent to an activating group) is 1. The third-order valence-corrected chi connectivity index (χ3v) is 6.89. The lowest BCUT2D eigenvalue weighted by molar-refractivity contribution is -0.134. The third-order valence-electron chi connectivity index (χ3n) is 6.29. The first-order valence-electron chi connectivity index (χ1n) is 11.9. The molecule has 1 aromatic carbocycles. The van der Waals surface area contributed by atoms with E-state index in [-0.39, 0.29) is 37.4 Å². The third kappa shape index (κ3) is 7.13. The van der Waals surface area contributed by atoms with Crippen molar-refractivity contribution in [3.05, 3.63) is 35.2 Å². The zero-order chi connectivity index (χ0) is 27.5. The van der Waals surface area contributed by atoms with Crippen molar-refractivity contribution in [2.75, 3.05) is 43.0 Å². The van der Waals surface area contributed by atoms with Crippen LogP contribution >= 0.6 is 0 Å². The van der Waals surface area contributed by atoms with Crippen molar-refractivity contribution in [2.24, 2.45) is 5.92 Å². The number of aryl methyl sites for hydroxylation is 2. The maximum atomic E-state index is 13.2. The molecule has 3 N–H and O–H groups in total. The minimum absolute atomic E-state index is 0.0409. The molecule has 0 radical (unpaired) electrons. The maximum absolute atomic E-state index is 13.2. The van der Waals surface area contributed by atoms with E-state index in [1.807, 2.05) is 6.92 Å². The number of hydrogen-bond donors (Lipinski definition) is 3. The molecule has 2 heterocycles. The lowest BCUT2D eigenvalue weighted by Gasteiger charge is -2.34.